The maximum Gasteiger partial charge on any atom is 0.258 e. The first kappa shape index (κ1) is 14.6. The molecule has 0 bridgehead atoms. The fourth-order valence-corrected chi connectivity index (χ4v) is 1.49. The number of carbonyl (C=O) groups excluding carboxylic acids is 1. The molecule has 0 fully saturated rings. The second kappa shape index (κ2) is 7.12. The largest absolute Gasteiger partial charge is 0.395 e. The molecule has 106 valence electrons. The first-order valence-corrected chi connectivity index (χ1v) is 6.17. The highest BCUT2D eigenvalue weighted by molar-refractivity contribution is 6.03. The number of nitrogens with zero attached hydrogens (tertiary/aromatic N) is 2. The number of nitrogens with one attached hydrogen (secondary N) is 1. The molecule has 2 rings (SSSR count). The molecule has 0 unspecified atom stereocenters. The van der Waals surface area contributed by atoms with Crippen molar-refractivity contribution in [3.63, 3.8) is 0 Å². The van der Waals surface area contributed by atoms with Gasteiger partial charge in [0.25, 0.3) is 5.91 Å². The van der Waals surface area contributed by atoms with Crippen molar-refractivity contribution in [2.45, 2.75) is 6.42 Å². The molecule has 2 aromatic heterocycles. The monoisotopic (exact) mass is 285 g/mol. The maximum atomic E-state index is 12.7. The number of amides is 1. The fourth-order valence-electron chi connectivity index (χ4n) is 1.49. The molecule has 0 radical (unpaired) electrons. The van der Waals surface area contributed by atoms with Crippen molar-refractivity contribution in [3.05, 3.63) is 53.7 Å². The molecule has 0 spiro atoms. The average Bonchev–Trinajstić information content (AvgIpc) is 2.50. The molecule has 0 aromatic carbocycles. The van der Waals surface area contributed by atoms with Gasteiger partial charge in [0.05, 0.1) is 18.4 Å². The molecule has 0 aliphatic heterocycles. The summed E-state index contributed by atoms with van der Waals surface area (Å²) in [6.45, 7) is -0.0170. The Kier molecular flexibility index (Phi) is 4.96. The van der Waals surface area contributed by atoms with Crippen molar-refractivity contribution in [2.75, 3.05) is 11.9 Å². The summed E-state index contributed by atoms with van der Waals surface area (Å²) in [5.41, 5.74) is 0.889. The lowest BCUT2D eigenvalue weighted by Gasteiger charge is -2.04. The van der Waals surface area contributed by atoms with Crippen molar-refractivity contribution in [1.29, 1.82) is 0 Å². The molecular weight excluding hydrogens is 273 g/mol. The van der Waals surface area contributed by atoms with Crippen molar-refractivity contribution >= 4 is 11.7 Å². The number of carbonyl (C=O) groups is 1. The van der Waals surface area contributed by atoms with Gasteiger partial charge in [0.2, 0.25) is 0 Å². The van der Waals surface area contributed by atoms with Gasteiger partial charge in [0.15, 0.2) is 0 Å². The standard InChI is InChI=1S/C15H12FN3O2/c16-13-4-5-14(18-10-13)19-15(21)12-7-11(8-17-9-12)3-1-2-6-20/h4-5,7-10,20H,2,6H2,(H,18,19,21). The van der Waals surface area contributed by atoms with E-state index in [0.717, 1.165) is 6.20 Å². The zero-order valence-corrected chi connectivity index (χ0v) is 11.0. The number of rotatable bonds is 3. The highest BCUT2D eigenvalue weighted by Crippen LogP contribution is 2.08. The Labute approximate surface area is 120 Å². The SMILES string of the molecule is O=C(Nc1ccc(F)cn1)c1cncc(C#CCCO)c1. The summed E-state index contributed by atoms with van der Waals surface area (Å²) in [7, 11) is 0. The van der Waals surface area contributed by atoms with Gasteiger partial charge in [0, 0.05) is 24.4 Å². The van der Waals surface area contributed by atoms with Crippen LogP contribution in [0.25, 0.3) is 0 Å². The van der Waals surface area contributed by atoms with Crippen LogP contribution < -0.4 is 5.32 Å². The molecule has 0 aliphatic carbocycles. The number of pyridine rings is 2. The van der Waals surface area contributed by atoms with Crippen LogP contribution >= 0.6 is 0 Å². The summed E-state index contributed by atoms with van der Waals surface area (Å²) in [6, 6.07) is 4.15. The van der Waals surface area contributed by atoms with E-state index in [9.17, 15) is 9.18 Å². The van der Waals surface area contributed by atoms with Gasteiger partial charge in [-0.3, -0.25) is 9.78 Å². The highest BCUT2D eigenvalue weighted by Gasteiger charge is 2.07. The van der Waals surface area contributed by atoms with E-state index in [1.807, 2.05) is 0 Å². The molecular formula is C15H12FN3O2. The summed E-state index contributed by atoms with van der Waals surface area (Å²) in [5.74, 6) is 4.90. The zero-order chi connectivity index (χ0) is 15.1. The van der Waals surface area contributed by atoms with Gasteiger partial charge in [-0.1, -0.05) is 11.8 Å². The van der Waals surface area contributed by atoms with Crippen LogP contribution in [0.3, 0.4) is 0 Å². The molecule has 0 saturated heterocycles. The Morgan fingerprint density at radius 3 is 2.90 bits per heavy atom. The molecule has 0 saturated carbocycles. The smallest absolute Gasteiger partial charge is 0.258 e. The molecule has 2 aromatic rings. The fraction of sp³-hybridized carbons (Fsp3) is 0.133. The van der Waals surface area contributed by atoms with Gasteiger partial charge < -0.3 is 10.4 Å². The Morgan fingerprint density at radius 1 is 1.33 bits per heavy atom. The van der Waals surface area contributed by atoms with Crippen LogP contribution in [0.4, 0.5) is 10.2 Å². The summed E-state index contributed by atoms with van der Waals surface area (Å²) < 4.78 is 12.7. The summed E-state index contributed by atoms with van der Waals surface area (Å²) in [6.07, 6.45) is 4.30. The third-order valence-electron chi connectivity index (χ3n) is 2.44. The topological polar surface area (TPSA) is 75.1 Å². The average molecular weight is 285 g/mol. The number of aliphatic hydroxyl groups excluding tert-OH is 1. The van der Waals surface area contributed by atoms with E-state index >= 15 is 0 Å². The maximum absolute atomic E-state index is 12.7. The van der Waals surface area contributed by atoms with E-state index in [1.165, 1.54) is 24.5 Å². The van der Waals surface area contributed by atoms with E-state index in [2.05, 4.69) is 27.1 Å². The van der Waals surface area contributed by atoms with Crippen molar-refractivity contribution < 1.29 is 14.3 Å². The normalized spacial score (nSPS) is 9.62. The Hall–Kier alpha value is -2.78. The third kappa shape index (κ3) is 4.37. The lowest BCUT2D eigenvalue weighted by molar-refractivity contribution is 0.102. The number of anilines is 1. The van der Waals surface area contributed by atoms with Crippen molar-refractivity contribution in [2.24, 2.45) is 0 Å². The summed E-state index contributed by atoms with van der Waals surface area (Å²) >= 11 is 0. The second-order valence-electron chi connectivity index (χ2n) is 4.05. The first-order chi connectivity index (χ1) is 10.2. The minimum absolute atomic E-state index is 0.0170. The molecule has 2 N–H and O–H groups in total. The van der Waals surface area contributed by atoms with Crippen LogP contribution in [0, 0.1) is 17.7 Å². The number of halogens is 1. The molecule has 1 amide bonds. The molecule has 21 heavy (non-hydrogen) atoms. The van der Waals surface area contributed by atoms with Gasteiger partial charge >= 0.3 is 0 Å². The lowest BCUT2D eigenvalue weighted by Crippen LogP contribution is -2.13. The van der Waals surface area contributed by atoms with Crippen molar-refractivity contribution in [3.8, 4) is 11.8 Å². The summed E-state index contributed by atoms with van der Waals surface area (Å²) in [5, 5.41) is 11.2. The highest BCUT2D eigenvalue weighted by atomic mass is 19.1. The minimum atomic E-state index is -0.476. The van der Waals surface area contributed by atoms with E-state index in [0.29, 0.717) is 17.5 Å². The molecule has 6 heteroatoms. The molecule has 0 atom stereocenters. The van der Waals surface area contributed by atoms with Gasteiger partial charge in [0.1, 0.15) is 11.6 Å². The van der Waals surface area contributed by atoms with Crippen LogP contribution in [-0.2, 0) is 0 Å². The number of hydrogen-bond donors (Lipinski definition) is 2. The number of aliphatic hydroxyl groups is 1. The number of hydrogen-bond acceptors (Lipinski definition) is 4. The molecule has 2 heterocycles. The predicted octanol–water partition coefficient (Wildman–Crippen LogP) is 1.60. The quantitative estimate of drug-likeness (QED) is 0.840. The molecule has 5 nitrogen and oxygen atoms in total. The zero-order valence-electron chi connectivity index (χ0n) is 11.0. The second-order valence-corrected chi connectivity index (χ2v) is 4.05. The van der Waals surface area contributed by atoms with E-state index in [4.69, 9.17) is 5.11 Å². The van der Waals surface area contributed by atoms with Crippen LogP contribution in [-0.4, -0.2) is 27.6 Å². The first-order valence-electron chi connectivity index (χ1n) is 6.17. The van der Waals surface area contributed by atoms with Crippen LogP contribution in [0.2, 0.25) is 0 Å². The lowest BCUT2D eigenvalue weighted by atomic mass is 10.2. The predicted molar refractivity (Wildman–Crippen MR) is 75.0 cm³/mol. The Morgan fingerprint density at radius 2 is 2.19 bits per heavy atom. The van der Waals surface area contributed by atoms with Gasteiger partial charge in [-0.2, -0.15) is 0 Å². The van der Waals surface area contributed by atoms with Crippen LogP contribution in [0.1, 0.15) is 22.3 Å². The van der Waals surface area contributed by atoms with E-state index < -0.39 is 11.7 Å². The third-order valence-corrected chi connectivity index (χ3v) is 2.44. The Bertz CT molecular complexity index is 690. The number of aromatic nitrogens is 2. The molecule has 0 aliphatic rings. The van der Waals surface area contributed by atoms with E-state index in [1.54, 1.807) is 6.07 Å². The van der Waals surface area contributed by atoms with Gasteiger partial charge in [-0.15, -0.1) is 0 Å². The van der Waals surface area contributed by atoms with Gasteiger partial charge in [-0.05, 0) is 18.2 Å². The Balaban J connectivity index is 2.11. The van der Waals surface area contributed by atoms with Crippen LogP contribution in [0.15, 0.2) is 36.8 Å². The van der Waals surface area contributed by atoms with Crippen molar-refractivity contribution in [1.82, 2.24) is 9.97 Å². The van der Waals surface area contributed by atoms with Crippen LogP contribution in [0.5, 0.6) is 0 Å². The van der Waals surface area contributed by atoms with Gasteiger partial charge in [-0.25, -0.2) is 9.37 Å². The minimum Gasteiger partial charge on any atom is -0.395 e. The van der Waals surface area contributed by atoms with E-state index in [-0.39, 0.29) is 12.4 Å². The summed E-state index contributed by atoms with van der Waals surface area (Å²) in [4.78, 5) is 19.7.